The highest BCUT2D eigenvalue weighted by molar-refractivity contribution is 7.89. The van der Waals surface area contributed by atoms with Crippen molar-refractivity contribution >= 4 is 21.4 Å². The zero-order valence-electron chi connectivity index (χ0n) is 12.7. The summed E-state index contributed by atoms with van der Waals surface area (Å²) >= 11 is 1.45. The number of rotatable bonds is 4. The molecule has 0 fully saturated rings. The zero-order valence-corrected chi connectivity index (χ0v) is 14.3. The van der Waals surface area contributed by atoms with Gasteiger partial charge in [-0.25, -0.2) is 13.4 Å². The first-order chi connectivity index (χ1) is 9.71. The number of benzene rings is 1. The Balaban J connectivity index is 2.23. The van der Waals surface area contributed by atoms with E-state index in [1.165, 1.54) is 15.6 Å². The summed E-state index contributed by atoms with van der Waals surface area (Å²) in [6.45, 7) is 6.60. The Morgan fingerprint density at radius 2 is 1.81 bits per heavy atom. The first kappa shape index (κ1) is 16.1. The van der Waals surface area contributed by atoms with Crippen molar-refractivity contribution in [2.45, 2.75) is 37.6 Å². The van der Waals surface area contributed by atoms with Crippen LogP contribution in [0.4, 0.5) is 0 Å². The van der Waals surface area contributed by atoms with Gasteiger partial charge in [-0.15, -0.1) is 11.3 Å². The molecule has 21 heavy (non-hydrogen) atoms. The molecule has 0 N–H and O–H groups in total. The van der Waals surface area contributed by atoms with Crippen molar-refractivity contribution in [1.29, 1.82) is 0 Å². The van der Waals surface area contributed by atoms with E-state index in [1.807, 2.05) is 17.5 Å². The van der Waals surface area contributed by atoms with Crippen LogP contribution in [-0.2, 0) is 22.0 Å². The van der Waals surface area contributed by atoms with Crippen LogP contribution in [0.5, 0.6) is 0 Å². The van der Waals surface area contributed by atoms with Crippen LogP contribution in [0, 0.1) is 0 Å². The number of thiazole rings is 1. The number of sulfonamides is 1. The van der Waals surface area contributed by atoms with E-state index in [0.717, 1.165) is 10.6 Å². The van der Waals surface area contributed by atoms with E-state index in [2.05, 4.69) is 25.8 Å². The Kier molecular flexibility index (Phi) is 4.51. The van der Waals surface area contributed by atoms with E-state index in [9.17, 15) is 8.42 Å². The van der Waals surface area contributed by atoms with Gasteiger partial charge in [0, 0.05) is 18.6 Å². The highest BCUT2D eigenvalue weighted by Crippen LogP contribution is 2.24. The summed E-state index contributed by atoms with van der Waals surface area (Å²) in [5, 5.41) is 2.63. The fraction of sp³-hybridized carbons (Fsp3) is 0.400. The molecule has 0 aliphatic carbocycles. The van der Waals surface area contributed by atoms with Crippen LogP contribution < -0.4 is 0 Å². The van der Waals surface area contributed by atoms with Gasteiger partial charge in [-0.2, -0.15) is 4.31 Å². The third-order valence-electron chi connectivity index (χ3n) is 3.27. The Labute approximate surface area is 130 Å². The minimum Gasteiger partial charge on any atom is -0.248 e. The smallest absolute Gasteiger partial charge is 0.243 e. The lowest BCUT2D eigenvalue weighted by atomic mass is 9.87. The molecule has 0 saturated heterocycles. The lowest BCUT2D eigenvalue weighted by Gasteiger charge is -2.20. The average molecular weight is 324 g/mol. The molecule has 0 unspecified atom stereocenters. The molecule has 2 rings (SSSR count). The minimum absolute atomic E-state index is 0.00901. The van der Waals surface area contributed by atoms with Crippen LogP contribution in [-0.4, -0.2) is 24.8 Å². The first-order valence-corrected chi connectivity index (χ1v) is 8.98. The van der Waals surface area contributed by atoms with Gasteiger partial charge < -0.3 is 0 Å². The molecule has 6 heteroatoms. The van der Waals surface area contributed by atoms with E-state index in [0.29, 0.717) is 11.4 Å². The Bertz CT molecular complexity index is 684. The molecule has 0 aliphatic rings. The Morgan fingerprint density at radius 3 is 2.29 bits per heavy atom. The van der Waals surface area contributed by atoms with Crippen LogP contribution >= 0.6 is 11.3 Å². The molecule has 0 aliphatic heterocycles. The van der Waals surface area contributed by atoms with Gasteiger partial charge in [-0.05, 0) is 23.1 Å². The van der Waals surface area contributed by atoms with Gasteiger partial charge in [-0.1, -0.05) is 32.9 Å². The Hall–Kier alpha value is -1.24. The predicted molar refractivity (Wildman–Crippen MR) is 85.9 cm³/mol. The van der Waals surface area contributed by atoms with Crippen molar-refractivity contribution in [3.63, 3.8) is 0 Å². The SMILES string of the molecule is CN(Cc1nccs1)S(=O)(=O)c1ccc(C(C)(C)C)cc1. The van der Waals surface area contributed by atoms with Crippen LogP contribution in [0.25, 0.3) is 0 Å². The van der Waals surface area contributed by atoms with Gasteiger partial charge in [0.05, 0.1) is 11.4 Å². The molecule has 1 aromatic carbocycles. The summed E-state index contributed by atoms with van der Waals surface area (Å²) in [6, 6.07) is 7.11. The number of nitrogens with zero attached hydrogens (tertiary/aromatic N) is 2. The molecule has 2 aromatic rings. The van der Waals surface area contributed by atoms with Gasteiger partial charge in [-0.3, -0.25) is 0 Å². The van der Waals surface area contributed by atoms with Gasteiger partial charge in [0.1, 0.15) is 5.01 Å². The van der Waals surface area contributed by atoms with Crippen molar-refractivity contribution in [1.82, 2.24) is 9.29 Å². The number of hydrogen-bond acceptors (Lipinski definition) is 4. The summed E-state index contributed by atoms with van der Waals surface area (Å²) < 4.78 is 26.4. The highest BCUT2D eigenvalue weighted by Gasteiger charge is 2.22. The van der Waals surface area contributed by atoms with Gasteiger partial charge >= 0.3 is 0 Å². The average Bonchev–Trinajstić information content (AvgIpc) is 2.90. The fourth-order valence-electron chi connectivity index (χ4n) is 1.91. The third-order valence-corrected chi connectivity index (χ3v) is 5.85. The van der Waals surface area contributed by atoms with Crippen molar-refractivity contribution in [2.75, 3.05) is 7.05 Å². The van der Waals surface area contributed by atoms with Crippen molar-refractivity contribution < 1.29 is 8.42 Å². The zero-order chi connectivity index (χ0) is 15.7. The van der Waals surface area contributed by atoms with E-state index in [-0.39, 0.29) is 5.41 Å². The second kappa shape index (κ2) is 5.87. The molecule has 0 spiro atoms. The summed E-state index contributed by atoms with van der Waals surface area (Å²) in [6.07, 6.45) is 1.68. The molecule has 0 saturated carbocycles. The molecular weight excluding hydrogens is 304 g/mol. The number of aromatic nitrogens is 1. The summed E-state index contributed by atoms with van der Waals surface area (Å²) in [5.74, 6) is 0. The maximum atomic E-state index is 12.5. The largest absolute Gasteiger partial charge is 0.248 e. The quantitative estimate of drug-likeness (QED) is 0.867. The maximum absolute atomic E-state index is 12.5. The van der Waals surface area contributed by atoms with E-state index in [1.54, 1.807) is 25.4 Å². The van der Waals surface area contributed by atoms with Crippen LogP contribution in [0.2, 0.25) is 0 Å². The van der Waals surface area contributed by atoms with Gasteiger partial charge in [0.15, 0.2) is 0 Å². The number of hydrogen-bond donors (Lipinski definition) is 0. The molecule has 114 valence electrons. The second-order valence-electron chi connectivity index (χ2n) is 5.96. The highest BCUT2D eigenvalue weighted by atomic mass is 32.2. The topological polar surface area (TPSA) is 50.3 Å². The second-order valence-corrected chi connectivity index (χ2v) is 8.99. The monoisotopic (exact) mass is 324 g/mol. The standard InChI is InChI=1S/C15H20N2O2S2/c1-15(2,3)12-5-7-13(8-6-12)21(18,19)17(4)11-14-16-9-10-20-14/h5-10H,11H2,1-4H3. The molecule has 0 radical (unpaired) electrons. The summed E-state index contributed by atoms with van der Waals surface area (Å²) in [5.41, 5.74) is 1.12. The normalized spacial score (nSPS) is 12.8. The van der Waals surface area contributed by atoms with Crippen LogP contribution in [0.1, 0.15) is 31.3 Å². The van der Waals surface area contributed by atoms with E-state index < -0.39 is 10.0 Å². The van der Waals surface area contributed by atoms with Crippen LogP contribution in [0.15, 0.2) is 40.7 Å². The van der Waals surface area contributed by atoms with Crippen molar-refractivity contribution in [3.8, 4) is 0 Å². The first-order valence-electron chi connectivity index (χ1n) is 6.66. The molecular formula is C15H20N2O2S2. The maximum Gasteiger partial charge on any atom is 0.243 e. The van der Waals surface area contributed by atoms with Gasteiger partial charge in [0.25, 0.3) is 0 Å². The Morgan fingerprint density at radius 1 is 1.19 bits per heavy atom. The summed E-state index contributed by atoms with van der Waals surface area (Å²) in [7, 11) is -1.90. The molecule has 4 nitrogen and oxygen atoms in total. The fourth-order valence-corrected chi connectivity index (χ4v) is 3.80. The van der Waals surface area contributed by atoms with Crippen LogP contribution in [0.3, 0.4) is 0 Å². The van der Waals surface area contributed by atoms with Crippen molar-refractivity contribution in [2.24, 2.45) is 0 Å². The van der Waals surface area contributed by atoms with Crippen molar-refractivity contribution in [3.05, 3.63) is 46.4 Å². The predicted octanol–water partition coefficient (Wildman–Crippen LogP) is 3.26. The van der Waals surface area contributed by atoms with Gasteiger partial charge in [0.2, 0.25) is 10.0 Å². The summed E-state index contributed by atoms with van der Waals surface area (Å²) in [4.78, 5) is 4.44. The molecule has 0 amide bonds. The molecule has 1 heterocycles. The molecule has 1 aromatic heterocycles. The minimum atomic E-state index is -3.48. The molecule has 0 atom stereocenters. The molecule has 0 bridgehead atoms. The lowest BCUT2D eigenvalue weighted by molar-refractivity contribution is 0.465. The lowest BCUT2D eigenvalue weighted by Crippen LogP contribution is -2.26. The van der Waals surface area contributed by atoms with E-state index in [4.69, 9.17) is 0 Å². The third kappa shape index (κ3) is 3.70. The van der Waals surface area contributed by atoms with E-state index >= 15 is 0 Å².